The lowest BCUT2D eigenvalue weighted by molar-refractivity contribution is -0.140. The van der Waals surface area contributed by atoms with Crippen LogP contribution in [-0.4, -0.2) is 41.0 Å². The molecule has 2 unspecified atom stereocenters. The van der Waals surface area contributed by atoms with E-state index in [2.05, 4.69) is 0 Å². The van der Waals surface area contributed by atoms with E-state index in [0.29, 0.717) is 27.8 Å². The first-order valence-electron chi connectivity index (χ1n) is 9.47. The molecule has 2 heterocycles. The van der Waals surface area contributed by atoms with Crippen LogP contribution < -0.4 is 0 Å². The number of hydrogen-bond acceptors (Lipinski definition) is 4. The van der Waals surface area contributed by atoms with Gasteiger partial charge in [-0.2, -0.15) is 0 Å². The lowest BCUT2D eigenvalue weighted by Crippen LogP contribution is -2.36. The predicted octanol–water partition coefficient (Wildman–Crippen LogP) is 5.25. The summed E-state index contributed by atoms with van der Waals surface area (Å²) < 4.78 is 5.67. The van der Waals surface area contributed by atoms with E-state index >= 15 is 0 Å². The van der Waals surface area contributed by atoms with E-state index in [4.69, 9.17) is 39.5 Å². The van der Waals surface area contributed by atoms with E-state index in [9.17, 15) is 14.7 Å². The zero-order valence-corrected chi connectivity index (χ0v) is 18.0. The molecule has 0 aliphatic carbocycles. The van der Waals surface area contributed by atoms with Crippen LogP contribution in [0.2, 0.25) is 15.1 Å². The summed E-state index contributed by atoms with van der Waals surface area (Å²) >= 11 is 18.1. The Morgan fingerprint density at radius 1 is 1.07 bits per heavy atom. The van der Waals surface area contributed by atoms with Gasteiger partial charge in [-0.1, -0.05) is 46.9 Å². The first-order valence-corrected chi connectivity index (χ1v) is 10.6. The summed E-state index contributed by atoms with van der Waals surface area (Å²) in [6.07, 6.45) is 1.56. The minimum atomic E-state index is -0.763. The van der Waals surface area contributed by atoms with Crippen LogP contribution in [0.5, 0.6) is 0 Å². The van der Waals surface area contributed by atoms with Gasteiger partial charge in [-0.05, 0) is 48.7 Å². The molecule has 156 valence electrons. The Balaban J connectivity index is 1.83. The normalized spacial score (nSPS) is 23.4. The second-order valence-electron chi connectivity index (χ2n) is 7.27. The number of likely N-dealkylation sites (tertiary alicyclic amines) is 1. The van der Waals surface area contributed by atoms with Crippen molar-refractivity contribution < 1.29 is 19.4 Å². The summed E-state index contributed by atoms with van der Waals surface area (Å²) in [5.74, 6) is -1.73. The maximum absolute atomic E-state index is 13.0. The van der Waals surface area contributed by atoms with Crippen molar-refractivity contribution in [1.29, 1.82) is 0 Å². The maximum atomic E-state index is 13.0. The highest BCUT2D eigenvalue weighted by molar-refractivity contribution is 6.47. The van der Waals surface area contributed by atoms with Crippen molar-refractivity contribution in [3.63, 3.8) is 0 Å². The molecule has 0 bridgehead atoms. The van der Waals surface area contributed by atoms with Crippen molar-refractivity contribution >= 4 is 52.3 Å². The molecule has 5 nitrogen and oxygen atoms in total. The number of amides is 1. The standard InChI is InChI=1S/C22H18Cl3NO4/c23-14-6-3-12(4-7-14)19-18(20(27)13-5-8-16(24)17(25)10-13)21(28)22(29)26(19)11-15-2-1-9-30-15/h3-8,10,15,19,27H,1-2,9,11H2/b20-18-. The zero-order valence-electron chi connectivity index (χ0n) is 15.8. The topological polar surface area (TPSA) is 66.8 Å². The average molecular weight is 467 g/mol. The van der Waals surface area contributed by atoms with Gasteiger partial charge < -0.3 is 14.7 Å². The highest BCUT2D eigenvalue weighted by atomic mass is 35.5. The summed E-state index contributed by atoms with van der Waals surface area (Å²) in [7, 11) is 0. The summed E-state index contributed by atoms with van der Waals surface area (Å²) in [5, 5.41) is 12.1. The van der Waals surface area contributed by atoms with Crippen LogP contribution in [0.3, 0.4) is 0 Å². The minimum absolute atomic E-state index is 0.00120. The van der Waals surface area contributed by atoms with Crippen molar-refractivity contribution in [2.45, 2.75) is 25.0 Å². The molecule has 1 amide bonds. The fourth-order valence-electron chi connectivity index (χ4n) is 3.87. The number of hydrogen-bond donors (Lipinski definition) is 1. The van der Waals surface area contributed by atoms with Crippen LogP contribution >= 0.6 is 34.8 Å². The van der Waals surface area contributed by atoms with E-state index in [0.717, 1.165) is 12.8 Å². The Morgan fingerprint density at radius 2 is 1.80 bits per heavy atom. The van der Waals surface area contributed by atoms with E-state index < -0.39 is 17.7 Å². The Labute approximate surface area is 188 Å². The van der Waals surface area contributed by atoms with Gasteiger partial charge >= 0.3 is 0 Å². The third-order valence-electron chi connectivity index (χ3n) is 5.34. The van der Waals surface area contributed by atoms with E-state index in [1.807, 2.05) is 0 Å². The maximum Gasteiger partial charge on any atom is 0.295 e. The van der Waals surface area contributed by atoms with Crippen LogP contribution in [0.4, 0.5) is 0 Å². The highest BCUT2D eigenvalue weighted by Crippen LogP contribution is 2.41. The van der Waals surface area contributed by atoms with Gasteiger partial charge in [-0.3, -0.25) is 9.59 Å². The number of ether oxygens (including phenoxy) is 1. The summed E-state index contributed by atoms with van der Waals surface area (Å²) in [5.41, 5.74) is 0.968. The average Bonchev–Trinajstić information content (AvgIpc) is 3.33. The van der Waals surface area contributed by atoms with Crippen LogP contribution in [-0.2, 0) is 14.3 Å². The summed E-state index contributed by atoms with van der Waals surface area (Å²) in [6.45, 7) is 0.888. The number of rotatable bonds is 4. The van der Waals surface area contributed by atoms with Crippen LogP contribution in [0.15, 0.2) is 48.0 Å². The number of halogens is 3. The van der Waals surface area contributed by atoms with Crippen molar-refractivity contribution in [3.8, 4) is 0 Å². The molecule has 8 heteroatoms. The molecule has 2 saturated heterocycles. The van der Waals surface area contributed by atoms with Crippen LogP contribution in [0, 0.1) is 0 Å². The van der Waals surface area contributed by atoms with Gasteiger partial charge in [0.25, 0.3) is 11.7 Å². The number of benzene rings is 2. The van der Waals surface area contributed by atoms with Crippen LogP contribution in [0.25, 0.3) is 5.76 Å². The largest absolute Gasteiger partial charge is 0.507 e. The number of Topliss-reactive ketones (excluding diaryl/α,β-unsaturated/α-hetero) is 1. The second-order valence-corrected chi connectivity index (χ2v) is 8.52. The number of carbonyl (C=O) groups is 2. The third-order valence-corrected chi connectivity index (χ3v) is 6.33. The summed E-state index contributed by atoms with van der Waals surface area (Å²) in [4.78, 5) is 27.3. The Morgan fingerprint density at radius 3 is 2.43 bits per heavy atom. The molecule has 2 aliphatic heterocycles. The Bertz CT molecular complexity index is 1030. The van der Waals surface area contributed by atoms with Gasteiger partial charge in [-0.25, -0.2) is 0 Å². The predicted molar refractivity (Wildman–Crippen MR) is 116 cm³/mol. The first kappa shape index (κ1) is 21.2. The fraction of sp³-hybridized carbons (Fsp3) is 0.273. The molecule has 2 fully saturated rings. The number of aliphatic hydroxyl groups is 1. The molecule has 2 aliphatic rings. The number of carbonyl (C=O) groups excluding carboxylic acids is 2. The van der Waals surface area contributed by atoms with Gasteiger partial charge in [0.15, 0.2) is 0 Å². The number of ketones is 1. The third kappa shape index (κ3) is 3.95. The van der Waals surface area contributed by atoms with Crippen LogP contribution in [0.1, 0.15) is 30.0 Å². The lowest BCUT2D eigenvalue weighted by atomic mass is 9.95. The molecule has 1 N–H and O–H groups in total. The number of aliphatic hydroxyl groups excluding tert-OH is 1. The van der Waals surface area contributed by atoms with E-state index in [-0.39, 0.29) is 29.0 Å². The fourth-order valence-corrected chi connectivity index (χ4v) is 4.29. The van der Waals surface area contributed by atoms with Crippen molar-refractivity contribution in [1.82, 2.24) is 4.90 Å². The molecule has 0 aromatic heterocycles. The van der Waals surface area contributed by atoms with Gasteiger partial charge in [-0.15, -0.1) is 0 Å². The van der Waals surface area contributed by atoms with Gasteiger partial charge in [0.2, 0.25) is 0 Å². The lowest BCUT2D eigenvalue weighted by Gasteiger charge is -2.27. The SMILES string of the molecule is O=C1C(=O)N(CC2CCCO2)C(c2ccc(Cl)cc2)/C1=C(/O)c1ccc(Cl)c(Cl)c1. The second kappa shape index (κ2) is 8.60. The minimum Gasteiger partial charge on any atom is -0.507 e. The van der Waals surface area contributed by atoms with Gasteiger partial charge in [0, 0.05) is 23.7 Å². The van der Waals surface area contributed by atoms with E-state index in [1.54, 1.807) is 30.3 Å². The molecule has 2 aromatic carbocycles. The summed E-state index contributed by atoms with van der Waals surface area (Å²) in [6, 6.07) is 10.6. The van der Waals surface area contributed by atoms with Gasteiger partial charge in [0.05, 0.1) is 27.8 Å². The number of nitrogens with zero attached hydrogens (tertiary/aromatic N) is 1. The van der Waals surface area contributed by atoms with Gasteiger partial charge in [0.1, 0.15) is 5.76 Å². The van der Waals surface area contributed by atoms with Crippen molar-refractivity contribution in [2.75, 3.05) is 13.2 Å². The molecular formula is C22H18Cl3NO4. The first-order chi connectivity index (χ1) is 14.4. The molecule has 2 aromatic rings. The highest BCUT2D eigenvalue weighted by Gasteiger charge is 2.47. The quantitative estimate of drug-likeness (QED) is 0.380. The molecule has 0 radical (unpaired) electrons. The molecule has 30 heavy (non-hydrogen) atoms. The van der Waals surface area contributed by atoms with E-state index in [1.165, 1.54) is 17.0 Å². The molecule has 2 atom stereocenters. The zero-order chi connectivity index (χ0) is 21.4. The molecule has 0 spiro atoms. The molecular weight excluding hydrogens is 449 g/mol. The molecule has 0 saturated carbocycles. The Hall–Kier alpha value is -2.05. The smallest absolute Gasteiger partial charge is 0.295 e. The monoisotopic (exact) mass is 465 g/mol. The van der Waals surface area contributed by atoms with Crippen molar-refractivity contribution in [3.05, 3.63) is 74.2 Å². The van der Waals surface area contributed by atoms with Crippen molar-refractivity contribution in [2.24, 2.45) is 0 Å². The Kier molecular flexibility index (Phi) is 6.07. The molecule has 4 rings (SSSR count).